The van der Waals surface area contributed by atoms with Crippen molar-refractivity contribution in [2.75, 3.05) is 5.32 Å². The molecule has 1 aromatic carbocycles. The Balaban J connectivity index is 1.63. The van der Waals surface area contributed by atoms with E-state index in [1.54, 1.807) is 0 Å². The van der Waals surface area contributed by atoms with Crippen molar-refractivity contribution in [1.82, 2.24) is 9.97 Å². The molecule has 0 bridgehead atoms. The molecule has 1 aliphatic carbocycles. The van der Waals surface area contributed by atoms with Crippen LogP contribution in [-0.4, -0.2) is 27.1 Å². The van der Waals surface area contributed by atoms with Crippen LogP contribution in [0.3, 0.4) is 0 Å². The van der Waals surface area contributed by atoms with Crippen LogP contribution in [0, 0.1) is 0 Å². The molecule has 2 atom stereocenters. The quantitative estimate of drug-likeness (QED) is 0.875. The van der Waals surface area contributed by atoms with Crippen molar-refractivity contribution < 1.29 is 9.90 Å². The zero-order chi connectivity index (χ0) is 13.2. The maximum absolute atomic E-state index is 10.7. The van der Waals surface area contributed by atoms with Gasteiger partial charge in [0.25, 0.3) is 0 Å². The molecule has 1 fully saturated rings. The first-order chi connectivity index (χ1) is 9.24. The van der Waals surface area contributed by atoms with Crippen LogP contribution in [0.15, 0.2) is 42.7 Å². The van der Waals surface area contributed by atoms with Crippen molar-refractivity contribution >= 4 is 11.8 Å². The van der Waals surface area contributed by atoms with Gasteiger partial charge in [-0.15, -0.1) is 0 Å². The fourth-order valence-electron chi connectivity index (χ4n) is 2.13. The molecular formula is C14H13N3O2. The summed E-state index contributed by atoms with van der Waals surface area (Å²) in [6, 6.07) is 10.7. The van der Waals surface area contributed by atoms with Gasteiger partial charge in [-0.25, -0.2) is 14.8 Å². The molecule has 0 amide bonds. The molecule has 1 saturated carbocycles. The van der Waals surface area contributed by atoms with Gasteiger partial charge >= 0.3 is 5.97 Å². The number of nitrogens with one attached hydrogen (secondary N) is 1. The number of rotatable bonds is 4. The van der Waals surface area contributed by atoms with Crippen LogP contribution in [0.4, 0.5) is 5.82 Å². The average Bonchev–Trinajstić information content (AvgIpc) is 3.20. The third-order valence-electron chi connectivity index (χ3n) is 3.22. The average molecular weight is 255 g/mol. The first kappa shape index (κ1) is 11.6. The molecule has 3 rings (SSSR count). The molecule has 0 aliphatic heterocycles. The summed E-state index contributed by atoms with van der Waals surface area (Å²) in [6.45, 7) is 0. The summed E-state index contributed by atoms with van der Waals surface area (Å²) in [7, 11) is 0. The molecule has 0 saturated heterocycles. The molecule has 2 unspecified atom stereocenters. The Labute approximate surface area is 110 Å². The van der Waals surface area contributed by atoms with E-state index in [9.17, 15) is 4.79 Å². The predicted octanol–water partition coefficient (Wildman–Crippen LogP) is 2.14. The number of carboxylic acid groups (broad SMARTS) is 1. The Kier molecular flexibility index (Phi) is 2.87. The second-order valence-corrected chi connectivity index (χ2v) is 4.60. The van der Waals surface area contributed by atoms with Crippen LogP contribution in [0.1, 0.15) is 28.4 Å². The molecule has 5 heteroatoms. The lowest BCUT2D eigenvalue weighted by molar-refractivity contribution is 0.0690. The Morgan fingerprint density at radius 2 is 2.00 bits per heavy atom. The molecule has 1 aliphatic rings. The fraction of sp³-hybridized carbons (Fsp3) is 0.214. The summed E-state index contributed by atoms with van der Waals surface area (Å²) in [4.78, 5) is 18.5. The number of hydrogen-bond acceptors (Lipinski definition) is 4. The molecule has 1 heterocycles. The highest BCUT2D eigenvalue weighted by atomic mass is 16.4. The second-order valence-electron chi connectivity index (χ2n) is 4.60. The van der Waals surface area contributed by atoms with Crippen LogP contribution in [0.5, 0.6) is 0 Å². The van der Waals surface area contributed by atoms with E-state index in [1.165, 1.54) is 18.0 Å². The summed E-state index contributed by atoms with van der Waals surface area (Å²) < 4.78 is 0. The molecule has 96 valence electrons. The van der Waals surface area contributed by atoms with E-state index in [4.69, 9.17) is 5.11 Å². The van der Waals surface area contributed by atoms with Crippen molar-refractivity contribution in [2.45, 2.75) is 18.4 Å². The first-order valence-corrected chi connectivity index (χ1v) is 6.11. The van der Waals surface area contributed by atoms with Crippen molar-refractivity contribution in [2.24, 2.45) is 0 Å². The molecule has 0 spiro atoms. The van der Waals surface area contributed by atoms with Gasteiger partial charge in [-0.05, 0) is 12.0 Å². The van der Waals surface area contributed by atoms with Gasteiger partial charge in [0.1, 0.15) is 5.82 Å². The summed E-state index contributed by atoms with van der Waals surface area (Å²) in [5.41, 5.74) is 1.27. The van der Waals surface area contributed by atoms with Gasteiger partial charge in [0.05, 0.1) is 12.4 Å². The Morgan fingerprint density at radius 3 is 2.63 bits per heavy atom. The van der Waals surface area contributed by atoms with Crippen molar-refractivity contribution in [3.05, 3.63) is 54.0 Å². The number of carboxylic acids is 1. The van der Waals surface area contributed by atoms with Crippen LogP contribution >= 0.6 is 0 Å². The Bertz CT molecular complexity index is 583. The predicted molar refractivity (Wildman–Crippen MR) is 70.2 cm³/mol. The largest absolute Gasteiger partial charge is 0.476 e. The number of anilines is 1. The van der Waals surface area contributed by atoms with Gasteiger partial charge in [-0.2, -0.15) is 0 Å². The summed E-state index contributed by atoms with van der Waals surface area (Å²) in [5.74, 6) is 0.0585. The highest BCUT2D eigenvalue weighted by molar-refractivity contribution is 5.84. The monoisotopic (exact) mass is 255 g/mol. The van der Waals surface area contributed by atoms with Crippen LogP contribution in [-0.2, 0) is 0 Å². The second kappa shape index (κ2) is 4.68. The van der Waals surface area contributed by atoms with Gasteiger partial charge < -0.3 is 10.4 Å². The number of benzene rings is 1. The molecule has 0 radical (unpaired) electrons. The normalized spacial score (nSPS) is 20.8. The van der Waals surface area contributed by atoms with E-state index in [0.29, 0.717) is 17.8 Å². The standard InChI is InChI=1S/C14H13N3O2/c18-14(19)12-7-16-13(8-15-12)17-11-6-10(11)9-4-2-1-3-5-9/h1-5,7-8,10-11H,6H2,(H,16,17)(H,18,19). The number of nitrogens with zero attached hydrogens (tertiary/aromatic N) is 2. The van der Waals surface area contributed by atoms with E-state index in [1.807, 2.05) is 18.2 Å². The first-order valence-electron chi connectivity index (χ1n) is 6.11. The zero-order valence-corrected chi connectivity index (χ0v) is 10.2. The van der Waals surface area contributed by atoms with Crippen molar-refractivity contribution in [1.29, 1.82) is 0 Å². The lowest BCUT2D eigenvalue weighted by Crippen LogP contribution is -2.08. The smallest absolute Gasteiger partial charge is 0.356 e. The maximum atomic E-state index is 10.7. The topological polar surface area (TPSA) is 75.1 Å². The number of aromatic nitrogens is 2. The summed E-state index contributed by atoms with van der Waals surface area (Å²) in [6.07, 6.45) is 3.79. The van der Waals surface area contributed by atoms with Gasteiger partial charge in [0, 0.05) is 12.0 Å². The van der Waals surface area contributed by atoms with Gasteiger partial charge in [-0.3, -0.25) is 0 Å². The highest BCUT2D eigenvalue weighted by Crippen LogP contribution is 2.42. The Hall–Kier alpha value is -2.43. The lowest BCUT2D eigenvalue weighted by Gasteiger charge is -2.04. The summed E-state index contributed by atoms with van der Waals surface area (Å²) in [5, 5.41) is 12.0. The fourth-order valence-corrected chi connectivity index (χ4v) is 2.13. The van der Waals surface area contributed by atoms with Crippen molar-refractivity contribution in [3.8, 4) is 0 Å². The van der Waals surface area contributed by atoms with Gasteiger partial charge in [-0.1, -0.05) is 30.3 Å². The third kappa shape index (κ3) is 2.54. The molecular weight excluding hydrogens is 242 g/mol. The maximum Gasteiger partial charge on any atom is 0.356 e. The van der Waals surface area contributed by atoms with Gasteiger partial charge in [0.15, 0.2) is 5.69 Å². The number of hydrogen-bond donors (Lipinski definition) is 2. The van der Waals surface area contributed by atoms with E-state index in [-0.39, 0.29) is 5.69 Å². The van der Waals surface area contributed by atoms with Crippen LogP contribution in [0.2, 0.25) is 0 Å². The minimum atomic E-state index is -1.06. The molecule has 5 nitrogen and oxygen atoms in total. The number of aromatic carboxylic acids is 1. The Morgan fingerprint density at radius 1 is 1.21 bits per heavy atom. The van der Waals surface area contributed by atoms with Crippen LogP contribution < -0.4 is 5.32 Å². The minimum absolute atomic E-state index is 0.0408. The van der Waals surface area contributed by atoms with Crippen molar-refractivity contribution in [3.63, 3.8) is 0 Å². The van der Waals surface area contributed by atoms with E-state index < -0.39 is 5.97 Å². The number of carbonyl (C=O) groups is 1. The van der Waals surface area contributed by atoms with E-state index >= 15 is 0 Å². The lowest BCUT2D eigenvalue weighted by atomic mass is 10.1. The SMILES string of the molecule is O=C(O)c1cnc(NC2CC2c2ccccc2)cn1. The molecule has 2 aromatic rings. The highest BCUT2D eigenvalue weighted by Gasteiger charge is 2.38. The summed E-state index contributed by atoms with van der Waals surface area (Å²) >= 11 is 0. The minimum Gasteiger partial charge on any atom is -0.476 e. The molecule has 1 aromatic heterocycles. The zero-order valence-electron chi connectivity index (χ0n) is 10.2. The molecule has 2 N–H and O–H groups in total. The van der Waals surface area contributed by atoms with E-state index in [0.717, 1.165) is 6.42 Å². The third-order valence-corrected chi connectivity index (χ3v) is 3.22. The van der Waals surface area contributed by atoms with Gasteiger partial charge in [0.2, 0.25) is 0 Å². The van der Waals surface area contributed by atoms with E-state index in [2.05, 4.69) is 27.4 Å². The van der Waals surface area contributed by atoms with Crippen LogP contribution in [0.25, 0.3) is 0 Å². The molecule has 19 heavy (non-hydrogen) atoms.